The van der Waals surface area contributed by atoms with Gasteiger partial charge in [-0.15, -0.1) is 10.2 Å². The van der Waals surface area contributed by atoms with Gasteiger partial charge >= 0.3 is 5.97 Å². The predicted octanol–water partition coefficient (Wildman–Crippen LogP) is 0.551. The Morgan fingerprint density at radius 3 is 2.94 bits per heavy atom. The molecule has 0 radical (unpaired) electrons. The van der Waals surface area contributed by atoms with Gasteiger partial charge in [-0.1, -0.05) is 23.1 Å². The first kappa shape index (κ1) is 11.6. The smallest absolute Gasteiger partial charge is 0.313 e. The lowest BCUT2D eigenvalue weighted by atomic mass is 10.5. The summed E-state index contributed by atoms with van der Waals surface area (Å²) in [6.45, 7) is 3.05. The van der Waals surface area contributed by atoms with E-state index in [-0.39, 0.29) is 5.75 Å². The van der Waals surface area contributed by atoms with E-state index in [2.05, 4.69) is 15.1 Å². The molecule has 1 fully saturated rings. The Morgan fingerprint density at radius 1 is 1.50 bits per heavy atom. The second-order valence-corrected chi connectivity index (χ2v) is 5.31. The van der Waals surface area contributed by atoms with Crippen LogP contribution in [0.3, 0.4) is 0 Å². The standard InChI is InChI=1S/C8H11N3O3S2/c12-6(13)5-15-8-10-9-7(16-8)11-1-3-14-4-2-11/h1-5H2,(H,12,13). The number of carbonyl (C=O) groups is 1. The first-order chi connectivity index (χ1) is 7.75. The van der Waals surface area contributed by atoms with Crippen molar-refractivity contribution in [3.8, 4) is 0 Å². The second-order valence-electron chi connectivity index (χ2n) is 3.13. The Morgan fingerprint density at radius 2 is 2.25 bits per heavy atom. The fourth-order valence-corrected chi connectivity index (χ4v) is 2.88. The number of ether oxygens (including phenoxy) is 1. The number of aromatic nitrogens is 2. The molecular formula is C8H11N3O3S2. The number of hydrogen-bond acceptors (Lipinski definition) is 7. The lowest BCUT2D eigenvalue weighted by Gasteiger charge is -2.25. The first-order valence-electron chi connectivity index (χ1n) is 4.76. The Bertz CT molecular complexity index is 365. The summed E-state index contributed by atoms with van der Waals surface area (Å²) in [6.07, 6.45) is 0. The molecule has 0 aliphatic carbocycles. The zero-order chi connectivity index (χ0) is 11.4. The number of thioether (sulfide) groups is 1. The van der Waals surface area contributed by atoms with Crippen LogP contribution < -0.4 is 4.90 Å². The van der Waals surface area contributed by atoms with Crippen LogP contribution in [0, 0.1) is 0 Å². The summed E-state index contributed by atoms with van der Waals surface area (Å²) in [5, 5.41) is 17.4. The molecule has 2 heterocycles. The van der Waals surface area contributed by atoms with E-state index in [4.69, 9.17) is 9.84 Å². The molecule has 0 amide bonds. The first-order valence-corrected chi connectivity index (χ1v) is 6.57. The van der Waals surface area contributed by atoms with Gasteiger partial charge in [0.25, 0.3) is 0 Å². The van der Waals surface area contributed by atoms with E-state index in [0.29, 0.717) is 17.6 Å². The van der Waals surface area contributed by atoms with Gasteiger partial charge in [0, 0.05) is 13.1 Å². The number of morpholine rings is 1. The molecule has 1 saturated heterocycles. The minimum atomic E-state index is -0.840. The number of hydrogen-bond donors (Lipinski definition) is 1. The summed E-state index contributed by atoms with van der Waals surface area (Å²) >= 11 is 2.63. The second kappa shape index (κ2) is 5.46. The van der Waals surface area contributed by atoms with E-state index in [1.165, 1.54) is 23.1 Å². The van der Waals surface area contributed by atoms with Gasteiger partial charge in [-0.2, -0.15) is 0 Å². The third-order valence-corrected chi connectivity index (χ3v) is 4.10. The fourth-order valence-electron chi connectivity index (χ4n) is 1.27. The van der Waals surface area contributed by atoms with Crippen LogP contribution >= 0.6 is 23.1 Å². The highest BCUT2D eigenvalue weighted by molar-refractivity contribution is 8.01. The maximum Gasteiger partial charge on any atom is 0.313 e. The van der Waals surface area contributed by atoms with Gasteiger partial charge in [0.15, 0.2) is 4.34 Å². The molecule has 1 aliphatic rings. The molecule has 6 nitrogen and oxygen atoms in total. The molecule has 88 valence electrons. The van der Waals surface area contributed by atoms with Gasteiger partial charge in [-0.3, -0.25) is 4.79 Å². The number of anilines is 1. The van der Waals surface area contributed by atoms with Crippen LogP contribution in [0.2, 0.25) is 0 Å². The summed E-state index contributed by atoms with van der Waals surface area (Å²) in [7, 11) is 0. The molecule has 1 N–H and O–H groups in total. The van der Waals surface area contributed by atoms with E-state index in [1.807, 2.05) is 0 Å². The zero-order valence-electron chi connectivity index (χ0n) is 8.46. The van der Waals surface area contributed by atoms with Crippen LogP contribution in [0.25, 0.3) is 0 Å². The highest BCUT2D eigenvalue weighted by Crippen LogP contribution is 2.28. The fraction of sp³-hybridized carbons (Fsp3) is 0.625. The Hall–Kier alpha value is -0.860. The van der Waals surface area contributed by atoms with E-state index >= 15 is 0 Å². The third kappa shape index (κ3) is 3.06. The van der Waals surface area contributed by atoms with Crippen LogP contribution in [0.4, 0.5) is 5.13 Å². The van der Waals surface area contributed by atoms with Crippen molar-refractivity contribution in [1.82, 2.24) is 10.2 Å². The Labute approximate surface area is 101 Å². The molecule has 8 heteroatoms. The van der Waals surface area contributed by atoms with Crippen LogP contribution in [-0.4, -0.2) is 53.3 Å². The minimum Gasteiger partial charge on any atom is -0.481 e. The highest BCUT2D eigenvalue weighted by atomic mass is 32.2. The van der Waals surface area contributed by atoms with Gasteiger partial charge in [-0.05, 0) is 0 Å². The minimum absolute atomic E-state index is 0.0255. The van der Waals surface area contributed by atoms with Crippen molar-refractivity contribution in [3.63, 3.8) is 0 Å². The number of carboxylic acids is 1. The maximum atomic E-state index is 10.4. The summed E-state index contributed by atoms with van der Waals surface area (Å²) in [5.74, 6) is -0.814. The van der Waals surface area contributed by atoms with E-state index in [0.717, 1.165) is 18.2 Å². The Kier molecular flexibility index (Phi) is 3.97. The molecule has 1 aliphatic heterocycles. The van der Waals surface area contributed by atoms with Gasteiger partial charge in [0.2, 0.25) is 5.13 Å². The molecule has 1 aromatic heterocycles. The Balaban J connectivity index is 1.93. The molecule has 0 spiro atoms. The molecule has 0 saturated carbocycles. The summed E-state index contributed by atoms with van der Waals surface area (Å²) in [6, 6.07) is 0. The number of aliphatic carboxylic acids is 1. The molecule has 0 atom stereocenters. The largest absolute Gasteiger partial charge is 0.481 e. The number of rotatable bonds is 4. The average Bonchev–Trinajstić information content (AvgIpc) is 2.76. The van der Waals surface area contributed by atoms with Crippen molar-refractivity contribution in [2.24, 2.45) is 0 Å². The average molecular weight is 261 g/mol. The summed E-state index contributed by atoms with van der Waals surface area (Å²) < 4.78 is 5.94. The highest BCUT2D eigenvalue weighted by Gasteiger charge is 2.16. The van der Waals surface area contributed by atoms with Crippen LogP contribution in [0.1, 0.15) is 0 Å². The third-order valence-electron chi connectivity index (χ3n) is 2.00. The molecule has 16 heavy (non-hydrogen) atoms. The molecule has 0 unspecified atom stereocenters. The zero-order valence-corrected chi connectivity index (χ0v) is 10.1. The van der Waals surface area contributed by atoms with Crippen LogP contribution in [0.5, 0.6) is 0 Å². The van der Waals surface area contributed by atoms with E-state index < -0.39 is 5.97 Å². The normalized spacial score (nSPS) is 16.4. The van der Waals surface area contributed by atoms with Gasteiger partial charge in [-0.25, -0.2) is 0 Å². The number of nitrogens with zero attached hydrogens (tertiary/aromatic N) is 3. The maximum absolute atomic E-state index is 10.4. The monoisotopic (exact) mass is 261 g/mol. The van der Waals surface area contributed by atoms with Crippen molar-refractivity contribution in [3.05, 3.63) is 0 Å². The lowest BCUT2D eigenvalue weighted by molar-refractivity contribution is -0.133. The quantitative estimate of drug-likeness (QED) is 0.793. The van der Waals surface area contributed by atoms with Crippen molar-refractivity contribution in [2.75, 3.05) is 37.0 Å². The summed E-state index contributed by atoms with van der Waals surface area (Å²) in [5.41, 5.74) is 0. The van der Waals surface area contributed by atoms with E-state index in [1.54, 1.807) is 0 Å². The summed E-state index contributed by atoms with van der Waals surface area (Å²) in [4.78, 5) is 12.5. The van der Waals surface area contributed by atoms with Gasteiger partial charge in [0.1, 0.15) is 0 Å². The van der Waals surface area contributed by atoms with Crippen molar-refractivity contribution in [1.29, 1.82) is 0 Å². The van der Waals surface area contributed by atoms with Crippen molar-refractivity contribution >= 4 is 34.2 Å². The molecular weight excluding hydrogens is 250 g/mol. The van der Waals surface area contributed by atoms with Gasteiger partial charge in [0.05, 0.1) is 19.0 Å². The topological polar surface area (TPSA) is 75.5 Å². The molecule has 2 rings (SSSR count). The van der Waals surface area contributed by atoms with Crippen molar-refractivity contribution < 1.29 is 14.6 Å². The predicted molar refractivity (Wildman–Crippen MR) is 61.3 cm³/mol. The lowest BCUT2D eigenvalue weighted by Crippen LogP contribution is -2.36. The van der Waals surface area contributed by atoms with Crippen molar-refractivity contribution in [2.45, 2.75) is 4.34 Å². The molecule has 1 aromatic rings. The van der Waals surface area contributed by atoms with Crippen LogP contribution in [0.15, 0.2) is 4.34 Å². The van der Waals surface area contributed by atoms with E-state index in [9.17, 15) is 4.79 Å². The number of carboxylic acid groups (broad SMARTS) is 1. The SMILES string of the molecule is O=C(O)CSc1nnc(N2CCOCC2)s1. The van der Waals surface area contributed by atoms with Gasteiger partial charge < -0.3 is 14.7 Å². The van der Waals surface area contributed by atoms with Crippen LogP contribution in [-0.2, 0) is 9.53 Å². The molecule has 0 bridgehead atoms. The molecule has 0 aromatic carbocycles.